The molecule has 1 amide bonds. The summed E-state index contributed by atoms with van der Waals surface area (Å²) in [5, 5.41) is 0. The van der Waals surface area contributed by atoms with Crippen molar-refractivity contribution in [2.45, 2.75) is 12.8 Å². The second-order valence-electron chi connectivity index (χ2n) is 6.96. The first kappa shape index (κ1) is 18.5. The zero-order valence-electron chi connectivity index (χ0n) is 16.0. The van der Waals surface area contributed by atoms with E-state index in [-0.39, 0.29) is 5.91 Å². The minimum absolute atomic E-state index is 0.207. The van der Waals surface area contributed by atoms with Crippen LogP contribution in [0.25, 0.3) is 0 Å². The first-order valence-corrected chi connectivity index (χ1v) is 9.90. The number of ether oxygens (including phenoxy) is 3. The molecule has 0 saturated carbocycles. The molecule has 2 aliphatic rings. The quantitative estimate of drug-likeness (QED) is 0.719. The van der Waals surface area contributed by atoms with Gasteiger partial charge in [0.15, 0.2) is 11.5 Å². The van der Waals surface area contributed by atoms with Gasteiger partial charge in [0.25, 0.3) is 0 Å². The lowest BCUT2D eigenvalue weighted by Crippen LogP contribution is -2.48. The Balaban J connectivity index is 1.21. The summed E-state index contributed by atoms with van der Waals surface area (Å²) >= 11 is 0. The Morgan fingerprint density at radius 3 is 2.46 bits per heavy atom. The first-order valence-electron chi connectivity index (χ1n) is 9.90. The van der Waals surface area contributed by atoms with Crippen molar-refractivity contribution >= 4 is 11.6 Å². The molecule has 1 saturated heterocycles. The number of carbonyl (C=O) groups excluding carboxylic acids is 1. The molecule has 0 bridgehead atoms. The molecule has 0 radical (unpaired) electrons. The van der Waals surface area contributed by atoms with Gasteiger partial charge in [0.2, 0.25) is 5.91 Å². The van der Waals surface area contributed by atoms with E-state index >= 15 is 0 Å². The van der Waals surface area contributed by atoms with Crippen LogP contribution in [0.5, 0.6) is 17.2 Å². The van der Waals surface area contributed by atoms with Crippen LogP contribution in [0.4, 0.5) is 5.69 Å². The lowest BCUT2D eigenvalue weighted by molar-refractivity contribution is -0.131. The largest absolute Gasteiger partial charge is 0.494 e. The summed E-state index contributed by atoms with van der Waals surface area (Å²) in [6.45, 7) is 4.89. The van der Waals surface area contributed by atoms with Crippen molar-refractivity contribution in [3.05, 3.63) is 48.5 Å². The second-order valence-corrected chi connectivity index (χ2v) is 6.96. The lowest BCUT2D eigenvalue weighted by Gasteiger charge is -2.36. The number of piperazine rings is 1. The average Bonchev–Trinajstić information content (AvgIpc) is 2.77. The predicted molar refractivity (Wildman–Crippen MR) is 107 cm³/mol. The number of fused-ring (bicyclic) bond motifs is 1. The fourth-order valence-electron chi connectivity index (χ4n) is 3.53. The highest BCUT2D eigenvalue weighted by molar-refractivity contribution is 5.76. The van der Waals surface area contributed by atoms with Crippen LogP contribution in [-0.2, 0) is 4.79 Å². The van der Waals surface area contributed by atoms with Gasteiger partial charge >= 0.3 is 0 Å². The number of hydrogen-bond donors (Lipinski definition) is 0. The van der Waals surface area contributed by atoms with Crippen LogP contribution in [0.1, 0.15) is 12.8 Å². The molecule has 0 aliphatic carbocycles. The van der Waals surface area contributed by atoms with Crippen LogP contribution in [-0.4, -0.2) is 56.8 Å². The van der Waals surface area contributed by atoms with Gasteiger partial charge in [0.05, 0.1) is 6.61 Å². The van der Waals surface area contributed by atoms with Gasteiger partial charge in [-0.25, -0.2) is 0 Å². The van der Waals surface area contributed by atoms with E-state index in [4.69, 9.17) is 14.2 Å². The molecular weight excluding hydrogens is 356 g/mol. The normalized spacial score (nSPS) is 16.0. The monoisotopic (exact) mass is 382 g/mol. The lowest BCUT2D eigenvalue weighted by atomic mass is 10.2. The van der Waals surface area contributed by atoms with Gasteiger partial charge in [-0.05, 0) is 30.7 Å². The minimum atomic E-state index is 0.207. The van der Waals surface area contributed by atoms with Gasteiger partial charge in [0.1, 0.15) is 19.0 Å². The maximum Gasteiger partial charge on any atom is 0.222 e. The molecule has 28 heavy (non-hydrogen) atoms. The number of rotatable bonds is 6. The number of hydrogen-bond acceptors (Lipinski definition) is 5. The summed E-state index contributed by atoms with van der Waals surface area (Å²) in [5.74, 6) is 2.67. The standard InChI is InChI=1S/C22H26N2O4/c25-22(7-4-14-26-19-5-2-1-3-6-19)24-12-10-23(11-13-24)18-8-9-20-21(17-18)28-16-15-27-20/h1-3,5-6,8-9,17H,4,7,10-16H2. The predicted octanol–water partition coefficient (Wildman–Crippen LogP) is 2.97. The SMILES string of the molecule is O=C(CCCOc1ccccc1)N1CCN(c2ccc3c(c2)OCCO3)CC1. The summed E-state index contributed by atoms with van der Waals surface area (Å²) < 4.78 is 16.9. The van der Waals surface area contributed by atoms with Crippen LogP contribution in [0.15, 0.2) is 48.5 Å². The summed E-state index contributed by atoms with van der Waals surface area (Å²) in [6, 6.07) is 15.8. The number of amides is 1. The molecule has 0 spiro atoms. The van der Waals surface area contributed by atoms with Crippen LogP contribution < -0.4 is 19.1 Å². The molecule has 6 nitrogen and oxygen atoms in total. The first-order chi connectivity index (χ1) is 13.8. The number of benzene rings is 2. The second kappa shape index (κ2) is 8.87. The van der Waals surface area contributed by atoms with Crippen molar-refractivity contribution < 1.29 is 19.0 Å². The van der Waals surface area contributed by atoms with Crippen molar-refractivity contribution in [2.24, 2.45) is 0 Å². The molecule has 0 aromatic heterocycles. The van der Waals surface area contributed by atoms with Crippen molar-refractivity contribution in [1.82, 2.24) is 4.90 Å². The van der Waals surface area contributed by atoms with Gasteiger partial charge in [0, 0.05) is 44.4 Å². The third-order valence-electron chi connectivity index (χ3n) is 5.07. The number of para-hydroxylation sites is 1. The molecule has 1 fully saturated rings. The minimum Gasteiger partial charge on any atom is -0.494 e. The van der Waals surface area contributed by atoms with E-state index in [0.717, 1.165) is 55.5 Å². The van der Waals surface area contributed by atoms with E-state index in [0.29, 0.717) is 26.2 Å². The summed E-state index contributed by atoms with van der Waals surface area (Å²) in [7, 11) is 0. The Bertz CT molecular complexity index is 788. The number of carbonyl (C=O) groups is 1. The number of nitrogens with zero attached hydrogens (tertiary/aromatic N) is 2. The molecular formula is C22H26N2O4. The van der Waals surface area contributed by atoms with Crippen molar-refractivity contribution in [3.8, 4) is 17.2 Å². The average molecular weight is 382 g/mol. The van der Waals surface area contributed by atoms with Gasteiger partial charge in [-0.2, -0.15) is 0 Å². The highest BCUT2D eigenvalue weighted by atomic mass is 16.6. The molecule has 0 atom stereocenters. The molecule has 148 valence electrons. The Morgan fingerprint density at radius 1 is 0.929 bits per heavy atom. The van der Waals surface area contributed by atoms with Crippen LogP contribution in [0, 0.1) is 0 Å². The van der Waals surface area contributed by atoms with E-state index in [1.807, 2.05) is 47.4 Å². The van der Waals surface area contributed by atoms with E-state index in [1.54, 1.807) is 0 Å². The molecule has 2 heterocycles. The molecule has 2 aliphatic heterocycles. The highest BCUT2D eigenvalue weighted by Gasteiger charge is 2.22. The van der Waals surface area contributed by atoms with Gasteiger partial charge in [-0.15, -0.1) is 0 Å². The fourth-order valence-corrected chi connectivity index (χ4v) is 3.53. The molecule has 2 aromatic carbocycles. The Labute approximate surface area is 165 Å². The smallest absolute Gasteiger partial charge is 0.222 e. The van der Waals surface area contributed by atoms with Crippen LogP contribution >= 0.6 is 0 Å². The van der Waals surface area contributed by atoms with E-state index < -0.39 is 0 Å². The zero-order valence-corrected chi connectivity index (χ0v) is 16.0. The van der Waals surface area contributed by atoms with E-state index in [9.17, 15) is 4.79 Å². The van der Waals surface area contributed by atoms with Gasteiger partial charge < -0.3 is 24.0 Å². The molecule has 6 heteroatoms. The highest BCUT2D eigenvalue weighted by Crippen LogP contribution is 2.34. The van der Waals surface area contributed by atoms with Crippen LogP contribution in [0.2, 0.25) is 0 Å². The van der Waals surface area contributed by atoms with Gasteiger partial charge in [-0.3, -0.25) is 4.79 Å². The van der Waals surface area contributed by atoms with E-state index in [2.05, 4.69) is 11.0 Å². The Hall–Kier alpha value is -2.89. The Kier molecular flexibility index (Phi) is 5.85. The fraction of sp³-hybridized carbons (Fsp3) is 0.409. The molecule has 0 unspecified atom stereocenters. The summed E-state index contributed by atoms with van der Waals surface area (Å²) in [5.41, 5.74) is 1.12. The summed E-state index contributed by atoms with van der Waals surface area (Å²) in [6.07, 6.45) is 1.26. The van der Waals surface area contributed by atoms with Crippen molar-refractivity contribution in [1.29, 1.82) is 0 Å². The molecule has 2 aromatic rings. The van der Waals surface area contributed by atoms with Crippen molar-refractivity contribution in [2.75, 3.05) is 50.9 Å². The third-order valence-corrected chi connectivity index (χ3v) is 5.07. The van der Waals surface area contributed by atoms with Crippen molar-refractivity contribution in [3.63, 3.8) is 0 Å². The maximum absolute atomic E-state index is 12.5. The van der Waals surface area contributed by atoms with E-state index in [1.165, 1.54) is 0 Å². The van der Waals surface area contributed by atoms with Crippen LogP contribution in [0.3, 0.4) is 0 Å². The summed E-state index contributed by atoms with van der Waals surface area (Å²) in [4.78, 5) is 16.7. The molecule has 4 rings (SSSR count). The zero-order chi connectivity index (χ0) is 19.2. The maximum atomic E-state index is 12.5. The van der Waals surface area contributed by atoms with Gasteiger partial charge in [-0.1, -0.05) is 18.2 Å². The topological polar surface area (TPSA) is 51.2 Å². The number of anilines is 1. The third kappa shape index (κ3) is 4.50. The Morgan fingerprint density at radius 2 is 1.68 bits per heavy atom. The molecule has 0 N–H and O–H groups in total.